The van der Waals surface area contributed by atoms with Gasteiger partial charge in [0.15, 0.2) is 0 Å². The topological polar surface area (TPSA) is 17.1 Å². The summed E-state index contributed by atoms with van der Waals surface area (Å²) >= 11 is 0. The van der Waals surface area contributed by atoms with Crippen LogP contribution in [0.15, 0.2) is 0 Å². The number of hydrogen-bond donors (Lipinski definition) is 0. The Balaban J connectivity index is 3.46. The van der Waals surface area contributed by atoms with Crippen LogP contribution in [0.25, 0.3) is 0 Å². The van der Waals surface area contributed by atoms with Crippen molar-refractivity contribution in [3.05, 3.63) is 0 Å². The summed E-state index contributed by atoms with van der Waals surface area (Å²) in [4.78, 5) is 11.9. The van der Waals surface area contributed by atoms with Gasteiger partial charge in [-0.05, 0) is 12.3 Å². The van der Waals surface area contributed by atoms with E-state index in [4.69, 9.17) is 0 Å². The summed E-state index contributed by atoms with van der Waals surface area (Å²) < 4.78 is 0. The standard InChI is InChI=1S/C18H36O/c1-4-7-9-10-11-12-13-15-18(19)16-17(6-3)14-8-5-2/h17H,4-16H2,1-3H3. The van der Waals surface area contributed by atoms with Crippen molar-refractivity contribution < 1.29 is 4.79 Å². The fourth-order valence-corrected chi connectivity index (χ4v) is 2.65. The SMILES string of the molecule is CCCCCCCCCC(=O)CC(CC)CCCC. The molecule has 0 fully saturated rings. The largest absolute Gasteiger partial charge is 0.300 e. The number of carbonyl (C=O) groups excluding carboxylic acids is 1. The third kappa shape index (κ3) is 12.4. The van der Waals surface area contributed by atoms with Crippen LogP contribution in [0.1, 0.15) is 104 Å². The van der Waals surface area contributed by atoms with Crippen LogP contribution in [0.3, 0.4) is 0 Å². The van der Waals surface area contributed by atoms with Crippen LogP contribution in [0.5, 0.6) is 0 Å². The smallest absolute Gasteiger partial charge is 0.133 e. The minimum absolute atomic E-state index is 0.511. The van der Waals surface area contributed by atoms with Crippen LogP contribution < -0.4 is 0 Å². The lowest BCUT2D eigenvalue weighted by Gasteiger charge is -2.13. The first kappa shape index (κ1) is 18.7. The van der Waals surface area contributed by atoms with Gasteiger partial charge in [0.25, 0.3) is 0 Å². The second kappa shape index (κ2) is 14.1. The molecule has 0 radical (unpaired) electrons. The normalized spacial score (nSPS) is 12.6. The number of ketones is 1. The Hall–Kier alpha value is -0.330. The molecule has 0 aliphatic carbocycles. The van der Waals surface area contributed by atoms with Gasteiger partial charge < -0.3 is 0 Å². The molecule has 0 bridgehead atoms. The third-order valence-corrected chi connectivity index (χ3v) is 4.12. The van der Waals surface area contributed by atoms with E-state index in [2.05, 4.69) is 20.8 Å². The maximum Gasteiger partial charge on any atom is 0.133 e. The van der Waals surface area contributed by atoms with Gasteiger partial charge in [-0.15, -0.1) is 0 Å². The van der Waals surface area contributed by atoms with Gasteiger partial charge in [0.1, 0.15) is 5.78 Å². The Bertz CT molecular complexity index is 198. The van der Waals surface area contributed by atoms with Crippen molar-refractivity contribution in [2.45, 2.75) is 104 Å². The fourth-order valence-electron chi connectivity index (χ4n) is 2.65. The average molecular weight is 268 g/mol. The van der Waals surface area contributed by atoms with E-state index in [1.807, 2.05) is 0 Å². The van der Waals surface area contributed by atoms with Gasteiger partial charge in [0, 0.05) is 12.8 Å². The zero-order chi connectivity index (χ0) is 14.3. The van der Waals surface area contributed by atoms with E-state index in [-0.39, 0.29) is 0 Å². The minimum atomic E-state index is 0.511. The second-order valence-corrected chi connectivity index (χ2v) is 6.03. The number of hydrogen-bond acceptors (Lipinski definition) is 1. The van der Waals surface area contributed by atoms with E-state index in [9.17, 15) is 4.79 Å². The molecule has 0 N–H and O–H groups in total. The van der Waals surface area contributed by atoms with Crippen molar-refractivity contribution in [3.8, 4) is 0 Å². The second-order valence-electron chi connectivity index (χ2n) is 6.03. The van der Waals surface area contributed by atoms with Crippen molar-refractivity contribution in [3.63, 3.8) is 0 Å². The zero-order valence-corrected chi connectivity index (χ0v) is 13.7. The van der Waals surface area contributed by atoms with Crippen LogP contribution in [0.2, 0.25) is 0 Å². The first-order valence-electron chi connectivity index (χ1n) is 8.76. The van der Waals surface area contributed by atoms with E-state index in [0.29, 0.717) is 11.7 Å². The summed E-state index contributed by atoms with van der Waals surface area (Å²) in [7, 11) is 0. The van der Waals surface area contributed by atoms with Crippen LogP contribution >= 0.6 is 0 Å². The van der Waals surface area contributed by atoms with Crippen LogP contribution in [0, 0.1) is 5.92 Å². The lowest BCUT2D eigenvalue weighted by atomic mass is 9.92. The Morgan fingerprint density at radius 1 is 0.789 bits per heavy atom. The van der Waals surface area contributed by atoms with Gasteiger partial charge in [-0.1, -0.05) is 85.0 Å². The molecule has 0 heterocycles. The van der Waals surface area contributed by atoms with Crippen LogP contribution in [-0.4, -0.2) is 5.78 Å². The minimum Gasteiger partial charge on any atom is -0.300 e. The van der Waals surface area contributed by atoms with Crippen molar-refractivity contribution in [2.24, 2.45) is 5.92 Å². The highest BCUT2D eigenvalue weighted by Crippen LogP contribution is 2.18. The monoisotopic (exact) mass is 268 g/mol. The molecular weight excluding hydrogens is 232 g/mol. The lowest BCUT2D eigenvalue weighted by molar-refractivity contribution is -0.120. The highest BCUT2D eigenvalue weighted by molar-refractivity contribution is 5.78. The van der Waals surface area contributed by atoms with Gasteiger partial charge >= 0.3 is 0 Å². The Morgan fingerprint density at radius 3 is 1.95 bits per heavy atom. The molecule has 0 saturated heterocycles. The van der Waals surface area contributed by atoms with Crippen molar-refractivity contribution in [1.29, 1.82) is 0 Å². The van der Waals surface area contributed by atoms with Crippen molar-refractivity contribution in [1.82, 2.24) is 0 Å². The molecule has 1 atom stereocenters. The summed E-state index contributed by atoms with van der Waals surface area (Å²) in [6.45, 7) is 6.70. The molecule has 1 nitrogen and oxygen atoms in total. The molecule has 0 aromatic carbocycles. The van der Waals surface area contributed by atoms with Gasteiger partial charge in [-0.25, -0.2) is 0 Å². The Morgan fingerprint density at radius 2 is 1.37 bits per heavy atom. The molecular formula is C18H36O. The molecule has 0 aromatic rings. The van der Waals surface area contributed by atoms with Crippen LogP contribution in [0.4, 0.5) is 0 Å². The average Bonchev–Trinajstić information content (AvgIpc) is 2.42. The summed E-state index contributed by atoms with van der Waals surface area (Å²) in [6.07, 6.45) is 15.7. The first-order valence-corrected chi connectivity index (χ1v) is 8.76. The molecule has 1 heteroatoms. The van der Waals surface area contributed by atoms with E-state index < -0.39 is 0 Å². The van der Waals surface area contributed by atoms with E-state index in [1.165, 1.54) is 64.2 Å². The highest BCUT2D eigenvalue weighted by atomic mass is 16.1. The maximum atomic E-state index is 11.9. The Labute approximate surface area is 121 Å². The molecule has 0 amide bonds. The third-order valence-electron chi connectivity index (χ3n) is 4.12. The molecule has 0 rings (SSSR count). The van der Waals surface area contributed by atoms with Crippen molar-refractivity contribution >= 4 is 5.78 Å². The molecule has 0 aliphatic rings. The molecule has 114 valence electrons. The van der Waals surface area contributed by atoms with Gasteiger partial charge in [-0.3, -0.25) is 4.79 Å². The number of unbranched alkanes of at least 4 members (excludes halogenated alkanes) is 7. The van der Waals surface area contributed by atoms with E-state index in [1.54, 1.807) is 0 Å². The molecule has 1 unspecified atom stereocenters. The predicted octanol–water partition coefficient (Wildman–Crippen LogP) is 6.30. The molecule has 19 heavy (non-hydrogen) atoms. The summed E-state index contributed by atoms with van der Waals surface area (Å²) in [5.74, 6) is 1.16. The number of rotatable bonds is 14. The summed E-state index contributed by atoms with van der Waals surface area (Å²) in [5, 5.41) is 0. The zero-order valence-electron chi connectivity index (χ0n) is 13.7. The van der Waals surface area contributed by atoms with Gasteiger partial charge in [0.2, 0.25) is 0 Å². The molecule has 0 saturated carbocycles. The van der Waals surface area contributed by atoms with Crippen LogP contribution in [-0.2, 0) is 4.79 Å². The van der Waals surface area contributed by atoms with Gasteiger partial charge in [0.05, 0.1) is 0 Å². The lowest BCUT2D eigenvalue weighted by Crippen LogP contribution is -2.07. The molecule has 0 spiro atoms. The maximum absolute atomic E-state index is 11.9. The fraction of sp³-hybridized carbons (Fsp3) is 0.944. The highest BCUT2D eigenvalue weighted by Gasteiger charge is 2.11. The van der Waals surface area contributed by atoms with E-state index in [0.717, 1.165) is 19.3 Å². The number of Topliss-reactive ketones (excluding diaryl/α,β-unsaturated/α-hetero) is 1. The molecule has 0 aromatic heterocycles. The Kier molecular flexibility index (Phi) is 13.8. The summed E-state index contributed by atoms with van der Waals surface area (Å²) in [6, 6.07) is 0. The van der Waals surface area contributed by atoms with Gasteiger partial charge in [-0.2, -0.15) is 0 Å². The number of carbonyl (C=O) groups is 1. The van der Waals surface area contributed by atoms with Crippen molar-refractivity contribution in [2.75, 3.05) is 0 Å². The predicted molar refractivity (Wildman–Crippen MR) is 85.5 cm³/mol. The summed E-state index contributed by atoms with van der Waals surface area (Å²) in [5.41, 5.74) is 0. The first-order chi connectivity index (χ1) is 9.24. The molecule has 0 aliphatic heterocycles. The van der Waals surface area contributed by atoms with E-state index >= 15 is 0 Å². The quantitative estimate of drug-likeness (QED) is 0.338.